The zero-order valence-electron chi connectivity index (χ0n) is 13.8. The number of aromatic nitrogens is 1. The van der Waals surface area contributed by atoms with Crippen LogP contribution < -0.4 is 4.90 Å². The fourth-order valence-corrected chi connectivity index (χ4v) is 3.12. The number of amides is 1. The molecule has 0 spiro atoms. The van der Waals surface area contributed by atoms with Crippen LogP contribution in [0, 0.1) is 0 Å². The fourth-order valence-electron chi connectivity index (χ4n) is 2.83. The Morgan fingerprint density at radius 3 is 2.58 bits per heavy atom. The second-order valence-electron chi connectivity index (χ2n) is 5.97. The first kappa shape index (κ1) is 18.6. The maximum Gasteiger partial charge on any atom is 0.417 e. The molecule has 26 heavy (non-hydrogen) atoms. The number of piperazine rings is 1. The quantitative estimate of drug-likeness (QED) is 0.804. The van der Waals surface area contributed by atoms with Crippen LogP contribution in [0.2, 0.25) is 5.02 Å². The molecule has 0 bridgehead atoms. The van der Waals surface area contributed by atoms with Crippen molar-refractivity contribution in [2.24, 2.45) is 0 Å². The van der Waals surface area contributed by atoms with Gasteiger partial charge in [-0.05, 0) is 18.2 Å². The van der Waals surface area contributed by atoms with Crippen molar-refractivity contribution in [2.45, 2.75) is 19.0 Å². The SMILES string of the molecule is O=C(CCc1ccco1)N1CCN(c2ncc(C(F)(F)F)cc2Cl)CC1. The Kier molecular flexibility index (Phi) is 5.41. The van der Waals surface area contributed by atoms with Crippen molar-refractivity contribution in [1.29, 1.82) is 0 Å². The first-order chi connectivity index (χ1) is 12.3. The molecule has 2 aromatic rings. The topological polar surface area (TPSA) is 49.6 Å². The van der Waals surface area contributed by atoms with Crippen LogP contribution in [0.25, 0.3) is 0 Å². The summed E-state index contributed by atoms with van der Waals surface area (Å²) in [5.41, 5.74) is -0.877. The number of carbonyl (C=O) groups excluding carboxylic acids is 1. The molecule has 0 saturated carbocycles. The van der Waals surface area contributed by atoms with Crippen molar-refractivity contribution >= 4 is 23.3 Å². The van der Waals surface area contributed by atoms with Gasteiger partial charge in [0.05, 0.1) is 16.8 Å². The highest BCUT2D eigenvalue weighted by molar-refractivity contribution is 6.33. The number of alkyl halides is 3. The number of halogens is 4. The molecule has 3 rings (SSSR count). The monoisotopic (exact) mass is 387 g/mol. The lowest BCUT2D eigenvalue weighted by molar-refractivity contribution is -0.137. The summed E-state index contributed by atoms with van der Waals surface area (Å²) in [5, 5.41) is -0.0441. The van der Waals surface area contributed by atoms with Gasteiger partial charge >= 0.3 is 6.18 Å². The van der Waals surface area contributed by atoms with E-state index in [1.807, 2.05) is 6.07 Å². The van der Waals surface area contributed by atoms with Gasteiger partial charge in [0.15, 0.2) is 0 Å². The zero-order chi connectivity index (χ0) is 18.7. The van der Waals surface area contributed by atoms with E-state index in [2.05, 4.69) is 4.98 Å². The van der Waals surface area contributed by atoms with E-state index in [1.165, 1.54) is 0 Å². The van der Waals surface area contributed by atoms with Crippen LogP contribution >= 0.6 is 11.6 Å². The van der Waals surface area contributed by atoms with Crippen molar-refractivity contribution in [3.63, 3.8) is 0 Å². The minimum absolute atomic E-state index is 0.0209. The maximum absolute atomic E-state index is 12.7. The lowest BCUT2D eigenvalue weighted by Crippen LogP contribution is -2.49. The number of pyridine rings is 1. The number of hydrogen-bond acceptors (Lipinski definition) is 4. The molecular formula is C17H17ClF3N3O2. The number of anilines is 1. The van der Waals surface area contributed by atoms with Crippen molar-refractivity contribution in [3.05, 3.63) is 47.0 Å². The van der Waals surface area contributed by atoms with Crippen molar-refractivity contribution in [1.82, 2.24) is 9.88 Å². The summed E-state index contributed by atoms with van der Waals surface area (Å²) in [6.45, 7) is 1.86. The number of hydrogen-bond donors (Lipinski definition) is 0. The van der Waals surface area contributed by atoms with Crippen molar-refractivity contribution < 1.29 is 22.4 Å². The molecule has 1 amide bonds. The summed E-state index contributed by atoms with van der Waals surface area (Å²) in [7, 11) is 0. The molecule has 2 aromatic heterocycles. The average molecular weight is 388 g/mol. The Hall–Kier alpha value is -2.22. The molecule has 3 heterocycles. The molecule has 1 aliphatic rings. The van der Waals surface area contributed by atoms with E-state index >= 15 is 0 Å². The maximum atomic E-state index is 12.7. The van der Waals surface area contributed by atoms with E-state index in [9.17, 15) is 18.0 Å². The number of nitrogens with zero attached hydrogens (tertiary/aromatic N) is 3. The summed E-state index contributed by atoms with van der Waals surface area (Å²) in [6, 6.07) is 4.48. The van der Waals surface area contributed by atoms with Crippen molar-refractivity contribution in [2.75, 3.05) is 31.1 Å². The lowest BCUT2D eigenvalue weighted by Gasteiger charge is -2.35. The number of aryl methyl sites for hydroxylation is 1. The molecule has 9 heteroatoms. The highest BCUT2D eigenvalue weighted by Crippen LogP contribution is 2.33. The summed E-state index contributed by atoms with van der Waals surface area (Å²) in [6.07, 6.45) is -1.24. The van der Waals surface area contributed by atoms with Crippen LogP contribution in [0.1, 0.15) is 17.7 Å². The number of carbonyl (C=O) groups is 1. The number of rotatable bonds is 4. The molecule has 0 atom stereocenters. The largest absolute Gasteiger partial charge is 0.469 e. The van der Waals surface area contributed by atoms with Crippen molar-refractivity contribution in [3.8, 4) is 0 Å². The molecule has 1 fully saturated rings. The van der Waals surface area contributed by atoms with Gasteiger partial charge in [-0.15, -0.1) is 0 Å². The Balaban J connectivity index is 1.55. The molecule has 0 radical (unpaired) electrons. The minimum atomic E-state index is -4.48. The minimum Gasteiger partial charge on any atom is -0.469 e. The second-order valence-corrected chi connectivity index (χ2v) is 6.38. The highest BCUT2D eigenvalue weighted by atomic mass is 35.5. The fraction of sp³-hybridized carbons (Fsp3) is 0.412. The normalized spacial score (nSPS) is 15.4. The smallest absolute Gasteiger partial charge is 0.417 e. The summed E-state index contributed by atoms with van der Waals surface area (Å²) in [4.78, 5) is 19.6. The average Bonchev–Trinajstić information content (AvgIpc) is 3.12. The summed E-state index contributed by atoms with van der Waals surface area (Å²) in [5.74, 6) is 1.09. The summed E-state index contributed by atoms with van der Waals surface area (Å²) < 4.78 is 43.3. The Labute approximate surface area is 153 Å². The predicted molar refractivity (Wildman–Crippen MR) is 90.1 cm³/mol. The van der Waals surface area contributed by atoms with Gasteiger partial charge in [0, 0.05) is 45.2 Å². The molecule has 0 unspecified atom stereocenters. The van der Waals surface area contributed by atoms with Gasteiger partial charge < -0.3 is 14.2 Å². The van der Waals surface area contributed by atoms with Gasteiger partial charge in [0.2, 0.25) is 5.91 Å². The van der Waals surface area contributed by atoms with Gasteiger partial charge in [-0.25, -0.2) is 4.98 Å². The van der Waals surface area contributed by atoms with Gasteiger partial charge in [0.1, 0.15) is 11.6 Å². The van der Waals surface area contributed by atoms with E-state index in [4.69, 9.17) is 16.0 Å². The van der Waals surface area contributed by atoms with Crippen LogP contribution in [-0.4, -0.2) is 42.0 Å². The first-order valence-corrected chi connectivity index (χ1v) is 8.50. The van der Waals surface area contributed by atoms with Gasteiger partial charge in [0.25, 0.3) is 0 Å². The predicted octanol–water partition coefficient (Wildman–Crippen LogP) is 3.63. The van der Waals surface area contributed by atoms with Crippen LogP contribution in [0.15, 0.2) is 35.1 Å². The summed E-state index contributed by atoms with van der Waals surface area (Å²) >= 11 is 5.98. The molecule has 1 saturated heterocycles. The standard InChI is InChI=1S/C17H17ClF3N3O2/c18-14-10-12(17(19,20)21)11-22-16(14)24-7-5-23(6-8-24)15(25)4-3-13-2-1-9-26-13/h1-2,9-11H,3-8H2. The van der Waals surface area contributed by atoms with E-state index in [0.717, 1.165) is 18.0 Å². The van der Waals surface area contributed by atoms with E-state index in [0.29, 0.717) is 44.8 Å². The third-order valence-electron chi connectivity index (χ3n) is 4.25. The highest BCUT2D eigenvalue weighted by Gasteiger charge is 2.32. The molecule has 5 nitrogen and oxygen atoms in total. The molecule has 140 valence electrons. The van der Waals surface area contributed by atoms with E-state index in [-0.39, 0.29) is 10.9 Å². The Morgan fingerprint density at radius 1 is 1.27 bits per heavy atom. The third kappa shape index (κ3) is 4.30. The molecule has 0 aliphatic carbocycles. The lowest BCUT2D eigenvalue weighted by atomic mass is 10.2. The Morgan fingerprint density at radius 2 is 2.00 bits per heavy atom. The van der Waals surface area contributed by atoms with Crippen LogP contribution in [0.5, 0.6) is 0 Å². The molecule has 0 aromatic carbocycles. The molecular weight excluding hydrogens is 371 g/mol. The first-order valence-electron chi connectivity index (χ1n) is 8.12. The van der Waals surface area contributed by atoms with Gasteiger partial charge in [-0.3, -0.25) is 4.79 Å². The van der Waals surface area contributed by atoms with Gasteiger partial charge in [-0.1, -0.05) is 11.6 Å². The second kappa shape index (κ2) is 7.57. The molecule has 0 N–H and O–H groups in total. The molecule has 1 aliphatic heterocycles. The Bertz CT molecular complexity index is 757. The van der Waals surface area contributed by atoms with Crippen LogP contribution in [-0.2, 0) is 17.4 Å². The van der Waals surface area contributed by atoms with Crippen LogP contribution in [0.4, 0.5) is 19.0 Å². The number of furan rings is 1. The zero-order valence-corrected chi connectivity index (χ0v) is 14.6. The van der Waals surface area contributed by atoms with Crippen LogP contribution in [0.3, 0.4) is 0 Å². The third-order valence-corrected chi connectivity index (χ3v) is 4.52. The van der Waals surface area contributed by atoms with E-state index < -0.39 is 11.7 Å². The van der Waals surface area contributed by atoms with Gasteiger partial charge in [-0.2, -0.15) is 13.2 Å². The van der Waals surface area contributed by atoms with E-state index in [1.54, 1.807) is 22.1 Å².